The van der Waals surface area contributed by atoms with Crippen LogP contribution >= 0.6 is 0 Å². The minimum absolute atomic E-state index is 0.135. The summed E-state index contributed by atoms with van der Waals surface area (Å²) in [6.45, 7) is 0. The van der Waals surface area contributed by atoms with Gasteiger partial charge in [-0.15, -0.1) is 0 Å². The number of unbranched alkanes of at least 4 members (excludes halogenated alkanes) is 6. The van der Waals surface area contributed by atoms with Gasteiger partial charge in [-0.1, -0.05) is 44.2 Å². The van der Waals surface area contributed by atoms with Crippen molar-refractivity contribution in [3.05, 3.63) is 130 Å². The molecule has 228 valence electrons. The molecule has 4 rings (SSSR count). The Morgan fingerprint density at radius 1 is 0.533 bits per heavy atom. The molecule has 0 bridgehead atoms. The summed E-state index contributed by atoms with van der Waals surface area (Å²) < 4.78 is 39.6. The molecule has 0 unspecified atom stereocenters. The molecular formula is C37H32F2N2O4. The zero-order chi connectivity index (χ0) is 32.0. The van der Waals surface area contributed by atoms with Gasteiger partial charge in [0, 0.05) is 0 Å². The van der Waals surface area contributed by atoms with Gasteiger partial charge in [0.25, 0.3) is 0 Å². The molecule has 45 heavy (non-hydrogen) atoms. The second-order valence-electron chi connectivity index (χ2n) is 10.7. The van der Waals surface area contributed by atoms with Crippen LogP contribution in [0.2, 0.25) is 0 Å². The van der Waals surface area contributed by atoms with Crippen LogP contribution in [0, 0.1) is 34.3 Å². The van der Waals surface area contributed by atoms with Gasteiger partial charge < -0.3 is 9.47 Å². The van der Waals surface area contributed by atoms with E-state index in [9.17, 15) is 18.4 Å². The van der Waals surface area contributed by atoms with Crippen molar-refractivity contribution in [1.82, 2.24) is 0 Å². The number of esters is 2. The first-order valence-electron chi connectivity index (χ1n) is 14.9. The quantitative estimate of drug-likeness (QED) is 0.0809. The smallest absolute Gasteiger partial charge is 0.346 e. The van der Waals surface area contributed by atoms with Crippen molar-refractivity contribution in [2.45, 2.75) is 57.8 Å². The molecule has 0 amide bonds. The zero-order valence-electron chi connectivity index (χ0n) is 24.7. The fourth-order valence-corrected chi connectivity index (χ4v) is 4.82. The first kappa shape index (κ1) is 32.6. The van der Waals surface area contributed by atoms with Gasteiger partial charge in [0.2, 0.25) is 0 Å². The van der Waals surface area contributed by atoms with Gasteiger partial charge in [-0.25, -0.2) is 18.4 Å². The third-order valence-electron chi connectivity index (χ3n) is 7.33. The SMILES string of the molecule is N#Cc1ccc(OC(=O)c2ccc(CCCCCCCCCc3ccc(C(=O)Oc4ccc(C#N)cc4)c(F)c3)cc2F)cc1. The molecule has 0 N–H and O–H groups in total. The van der Waals surface area contributed by atoms with Crippen LogP contribution in [-0.4, -0.2) is 11.9 Å². The van der Waals surface area contributed by atoms with Gasteiger partial charge >= 0.3 is 11.9 Å². The molecule has 4 aromatic rings. The van der Waals surface area contributed by atoms with Crippen LogP contribution in [0.25, 0.3) is 0 Å². The van der Waals surface area contributed by atoms with Gasteiger partial charge in [-0.2, -0.15) is 10.5 Å². The fraction of sp³-hybridized carbons (Fsp3) is 0.243. The Kier molecular flexibility index (Phi) is 11.9. The Hall–Kier alpha value is -5.34. The number of carbonyl (C=O) groups is 2. The van der Waals surface area contributed by atoms with Crippen molar-refractivity contribution in [2.75, 3.05) is 0 Å². The maximum atomic E-state index is 14.6. The molecule has 0 aliphatic rings. The van der Waals surface area contributed by atoms with E-state index < -0.39 is 23.6 Å². The summed E-state index contributed by atoms with van der Waals surface area (Å²) in [5.74, 6) is -2.33. The van der Waals surface area contributed by atoms with Gasteiger partial charge in [0.15, 0.2) is 0 Å². The molecule has 6 nitrogen and oxygen atoms in total. The van der Waals surface area contributed by atoms with E-state index in [2.05, 4.69) is 0 Å². The van der Waals surface area contributed by atoms with Crippen molar-refractivity contribution in [1.29, 1.82) is 10.5 Å². The second-order valence-corrected chi connectivity index (χ2v) is 10.7. The molecule has 0 fully saturated rings. The van der Waals surface area contributed by atoms with Crippen molar-refractivity contribution < 1.29 is 27.8 Å². The predicted octanol–water partition coefficient (Wildman–Crippen LogP) is 8.66. The number of benzene rings is 4. The first-order valence-corrected chi connectivity index (χ1v) is 14.9. The number of hydrogen-bond donors (Lipinski definition) is 0. The van der Waals surface area contributed by atoms with Crippen molar-refractivity contribution in [3.8, 4) is 23.6 Å². The first-order chi connectivity index (χ1) is 21.9. The number of ether oxygens (including phenoxy) is 2. The van der Waals surface area contributed by atoms with Gasteiger partial charge in [0.1, 0.15) is 23.1 Å². The topological polar surface area (TPSA) is 100 Å². The van der Waals surface area contributed by atoms with E-state index in [0.29, 0.717) is 24.0 Å². The van der Waals surface area contributed by atoms with E-state index in [-0.39, 0.29) is 22.6 Å². The Morgan fingerprint density at radius 3 is 1.22 bits per heavy atom. The van der Waals surface area contributed by atoms with E-state index in [1.54, 1.807) is 12.1 Å². The molecule has 0 aliphatic heterocycles. The summed E-state index contributed by atoms with van der Waals surface area (Å²) in [5.41, 5.74) is 2.25. The van der Waals surface area contributed by atoms with Crippen LogP contribution in [0.15, 0.2) is 84.9 Å². The molecule has 0 aromatic heterocycles. The fourth-order valence-electron chi connectivity index (χ4n) is 4.82. The van der Waals surface area contributed by atoms with Crippen molar-refractivity contribution >= 4 is 11.9 Å². The lowest BCUT2D eigenvalue weighted by Gasteiger charge is -2.08. The Labute approximate surface area is 261 Å². The minimum Gasteiger partial charge on any atom is -0.423 e. The molecule has 4 aromatic carbocycles. The standard InChI is InChI=1S/C37H32F2N2O4/c38-34-22-26(14-20-32(34)36(42)44-30-16-10-28(24-40)11-17-30)8-6-4-2-1-3-5-7-9-27-15-21-33(35(39)23-27)37(43)45-31-18-12-29(25-41)13-19-31/h10-23H,1-9H2. The molecule has 0 atom stereocenters. The largest absolute Gasteiger partial charge is 0.423 e. The molecule has 8 heteroatoms. The summed E-state index contributed by atoms with van der Waals surface area (Å²) in [6, 6.07) is 25.1. The van der Waals surface area contributed by atoms with Crippen LogP contribution < -0.4 is 9.47 Å². The van der Waals surface area contributed by atoms with Crippen molar-refractivity contribution in [3.63, 3.8) is 0 Å². The number of rotatable bonds is 14. The van der Waals surface area contributed by atoms with E-state index in [4.69, 9.17) is 20.0 Å². The maximum Gasteiger partial charge on any atom is 0.346 e. The molecule has 0 spiro atoms. The molecule has 0 saturated heterocycles. The molecule has 0 saturated carbocycles. The van der Waals surface area contributed by atoms with Crippen LogP contribution in [0.5, 0.6) is 11.5 Å². The summed E-state index contributed by atoms with van der Waals surface area (Å²) in [6.07, 6.45) is 8.45. The number of hydrogen-bond acceptors (Lipinski definition) is 6. The third kappa shape index (κ3) is 9.84. The Morgan fingerprint density at radius 2 is 0.889 bits per heavy atom. The zero-order valence-corrected chi connectivity index (χ0v) is 24.7. The van der Waals surface area contributed by atoms with E-state index in [1.165, 1.54) is 72.8 Å². The van der Waals surface area contributed by atoms with Crippen LogP contribution in [0.3, 0.4) is 0 Å². The minimum atomic E-state index is -0.785. The normalized spacial score (nSPS) is 10.5. The number of nitriles is 2. The lowest BCUT2D eigenvalue weighted by Crippen LogP contribution is -2.11. The summed E-state index contributed by atoms with van der Waals surface area (Å²) in [4.78, 5) is 24.7. The van der Waals surface area contributed by atoms with Crippen LogP contribution in [0.1, 0.15) is 87.9 Å². The third-order valence-corrected chi connectivity index (χ3v) is 7.33. The molecule has 0 heterocycles. The lowest BCUT2D eigenvalue weighted by molar-refractivity contribution is 0.0720. The number of aryl methyl sites for hydroxylation is 2. The number of halogens is 2. The second kappa shape index (κ2) is 16.5. The van der Waals surface area contributed by atoms with Gasteiger partial charge in [-0.3, -0.25) is 0 Å². The van der Waals surface area contributed by atoms with Crippen molar-refractivity contribution in [2.24, 2.45) is 0 Å². The van der Waals surface area contributed by atoms with Crippen LogP contribution in [-0.2, 0) is 12.8 Å². The number of nitrogens with zero attached hydrogens (tertiary/aromatic N) is 2. The summed E-state index contributed by atoms with van der Waals surface area (Å²) in [5, 5.41) is 17.7. The highest BCUT2D eigenvalue weighted by Gasteiger charge is 2.16. The average Bonchev–Trinajstić information content (AvgIpc) is 3.04. The lowest BCUT2D eigenvalue weighted by atomic mass is 10.0. The Balaban J connectivity index is 1.09. The molecule has 0 aliphatic carbocycles. The van der Waals surface area contributed by atoms with E-state index in [0.717, 1.165) is 56.1 Å². The highest BCUT2D eigenvalue weighted by molar-refractivity contribution is 5.92. The van der Waals surface area contributed by atoms with Gasteiger partial charge in [-0.05, 0) is 110 Å². The highest BCUT2D eigenvalue weighted by Crippen LogP contribution is 2.20. The van der Waals surface area contributed by atoms with E-state index >= 15 is 0 Å². The van der Waals surface area contributed by atoms with E-state index in [1.807, 2.05) is 12.1 Å². The highest BCUT2D eigenvalue weighted by atomic mass is 19.1. The summed E-state index contributed by atoms with van der Waals surface area (Å²) in [7, 11) is 0. The predicted molar refractivity (Wildman–Crippen MR) is 165 cm³/mol. The van der Waals surface area contributed by atoms with Crippen LogP contribution in [0.4, 0.5) is 8.78 Å². The monoisotopic (exact) mass is 606 g/mol. The average molecular weight is 607 g/mol. The molecule has 0 radical (unpaired) electrons. The number of carbonyl (C=O) groups excluding carboxylic acids is 2. The Bertz CT molecular complexity index is 1580. The molecular weight excluding hydrogens is 574 g/mol. The van der Waals surface area contributed by atoms with Gasteiger partial charge in [0.05, 0.1) is 34.4 Å². The maximum absolute atomic E-state index is 14.6. The summed E-state index contributed by atoms with van der Waals surface area (Å²) >= 11 is 0.